The predicted octanol–water partition coefficient (Wildman–Crippen LogP) is 1.72. The van der Waals surface area contributed by atoms with E-state index < -0.39 is 0 Å². The third-order valence-corrected chi connectivity index (χ3v) is 2.21. The van der Waals surface area contributed by atoms with Gasteiger partial charge in [0.1, 0.15) is 0 Å². The van der Waals surface area contributed by atoms with Crippen molar-refractivity contribution in [3.05, 3.63) is 0 Å². The van der Waals surface area contributed by atoms with Crippen LogP contribution in [-0.2, 0) is 4.74 Å². The van der Waals surface area contributed by atoms with Gasteiger partial charge in [0, 0.05) is 6.61 Å². The number of hydrogen-bond acceptors (Lipinski definition) is 2. The molecule has 2 nitrogen and oxygen atoms in total. The summed E-state index contributed by atoms with van der Waals surface area (Å²) in [5, 5.41) is 9.18. The fourth-order valence-corrected chi connectivity index (χ4v) is 1.46. The van der Waals surface area contributed by atoms with Gasteiger partial charge in [-0.05, 0) is 25.7 Å². The lowest BCUT2D eigenvalue weighted by molar-refractivity contribution is 0.0457. The first-order valence-electron chi connectivity index (χ1n) is 4.62. The Morgan fingerprint density at radius 1 is 1.45 bits per heavy atom. The van der Waals surface area contributed by atoms with Crippen LogP contribution < -0.4 is 0 Å². The van der Waals surface area contributed by atoms with E-state index in [1.165, 1.54) is 6.42 Å². The van der Waals surface area contributed by atoms with Crippen molar-refractivity contribution in [2.24, 2.45) is 0 Å². The van der Waals surface area contributed by atoms with Crippen molar-refractivity contribution in [1.82, 2.24) is 0 Å². The molecule has 2 atom stereocenters. The minimum absolute atomic E-state index is 0.0957. The molecule has 66 valence electrons. The predicted molar refractivity (Wildman–Crippen MR) is 44.5 cm³/mol. The molecule has 0 heterocycles. The maximum atomic E-state index is 9.18. The van der Waals surface area contributed by atoms with E-state index >= 15 is 0 Å². The van der Waals surface area contributed by atoms with Crippen LogP contribution in [0.15, 0.2) is 0 Å². The fraction of sp³-hybridized carbons (Fsp3) is 1.00. The number of unbranched alkanes of at least 4 members (excludes halogenated alkanes) is 1. The summed E-state index contributed by atoms with van der Waals surface area (Å²) in [5.41, 5.74) is 0. The second-order valence-corrected chi connectivity index (χ2v) is 3.31. The first kappa shape index (κ1) is 9.01. The van der Waals surface area contributed by atoms with Gasteiger partial charge in [-0.1, -0.05) is 13.3 Å². The van der Waals surface area contributed by atoms with Gasteiger partial charge >= 0.3 is 0 Å². The molecular weight excluding hydrogens is 140 g/mol. The number of aliphatic hydroxyl groups excluding tert-OH is 1. The molecule has 1 fully saturated rings. The Kier molecular flexibility index (Phi) is 3.87. The summed E-state index contributed by atoms with van der Waals surface area (Å²) in [4.78, 5) is 0. The Morgan fingerprint density at radius 2 is 2.27 bits per heavy atom. The molecule has 1 N–H and O–H groups in total. The molecule has 0 aromatic carbocycles. The highest BCUT2D eigenvalue weighted by Crippen LogP contribution is 2.21. The first-order chi connectivity index (χ1) is 5.33. The van der Waals surface area contributed by atoms with E-state index in [1.807, 2.05) is 0 Å². The average molecular weight is 158 g/mol. The first-order valence-corrected chi connectivity index (χ1v) is 4.62. The van der Waals surface area contributed by atoms with E-state index in [0.717, 1.165) is 32.3 Å². The van der Waals surface area contributed by atoms with Gasteiger partial charge in [0.2, 0.25) is 0 Å². The van der Waals surface area contributed by atoms with Crippen molar-refractivity contribution in [3.8, 4) is 0 Å². The van der Waals surface area contributed by atoms with Gasteiger partial charge in [0.25, 0.3) is 0 Å². The Bertz CT molecular complexity index is 104. The van der Waals surface area contributed by atoms with Crippen LogP contribution >= 0.6 is 0 Å². The van der Waals surface area contributed by atoms with Crippen molar-refractivity contribution >= 4 is 0 Å². The molecule has 0 radical (unpaired) electrons. The van der Waals surface area contributed by atoms with Crippen LogP contribution in [0.2, 0.25) is 0 Å². The molecule has 0 amide bonds. The highest BCUT2D eigenvalue weighted by molar-refractivity contribution is 4.74. The highest BCUT2D eigenvalue weighted by atomic mass is 16.5. The summed E-state index contributed by atoms with van der Waals surface area (Å²) in [5.74, 6) is 0. The second kappa shape index (κ2) is 4.73. The van der Waals surface area contributed by atoms with Crippen molar-refractivity contribution in [2.45, 2.75) is 51.2 Å². The molecule has 1 saturated carbocycles. The lowest BCUT2D eigenvalue weighted by Crippen LogP contribution is -2.10. The van der Waals surface area contributed by atoms with E-state index in [2.05, 4.69) is 6.92 Å². The minimum Gasteiger partial charge on any atom is -0.393 e. The van der Waals surface area contributed by atoms with E-state index in [0.29, 0.717) is 6.10 Å². The fourth-order valence-electron chi connectivity index (χ4n) is 1.46. The smallest absolute Gasteiger partial charge is 0.0600 e. The van der Waals surface area contributed by atoms with Crippen LogP contribution in [0.3, 0.4) is 0 Å². The molecule has 1 aliphatic carbocycles. The van der Waals surface area contributed by atoms with Gasteiger partial charge in [-0.25, -0.2) is 0 Å². The van der Waals surface area contributed by atoms with Crippen molar-refractivity contribution in [3.63, 3.8) is 0 Å². The Hall–Kier alpha value is -0.0800. The molecule has 0 unspecified atom stereocenters. The van der Waals surface area contributed by atoms with E-state index in [4.69, 9.17) is 4.74 Å². The van der Waals surface area contributed by atoms with E-state index in [-0.39, 0.29) is 6.10 Å². The molecule has 2 heteroatoms. The molecule has 11 heavy (non-hydrogen) atoms. The summed E-state index contributed by atoms with van der Waals surface area (Å²) in [6.07, 6.45) is 5.41. The Morgan fingerprint density at radius 3 is 2.82 bits per heavy atom. The zero-order valence-electron chi connectivity index (χ0n) is 7.25. The average Bonchev–Trinajstić information content (AvgIpc) is 2.37. The number of ether oxygens (including phenoxy) is 1. The topological polar surface area (TPSA) is 29.5 Å². The summed E-state index contributed by atoms with van der Waals surface area (Å²) in [7, 11) is 0. The molecule has 1 aliphatic rings. The molecule has 0 aromatic rings. The monoisotopic (exact) mass is 158 g/mol. The number of aliphatic hydroxyl groups is 1. The Labute approximate surface area is 68.6 Å². The summed E-state index contributed by atoms with van der Waals surface area (Å²) < 4.78 is 5.55. The van der Waals surface area contributed by atoms with E-state index in [9.17, 15) is 5.11 Å². The summed E-state index contributed by atoms with van der Waals surface area (Å²) in [6, 6.07) is 0. The van der Waals surface area contributed by atoms with Crippen molar-refractivity contribution < 1.29 is 9.84 Å². The van der Waals surface area contributed by atoms with Crippen molar-refractivity contribution in [1.29, 1.82) is 0 Å². The minimum atomic E-state index is -0.0957. The van der Waals surface area contributed by atoms with Crippen LogP contribution in [0.1, 0.15) is 39.0 Å². The summed E-state index contributed by atoms with van der Waals surface area (Å²) >= 11 is 0. The van der Waals surface area contributed by atoms with Gasteiger partial charge in [0.05, 0.1) is 12.2 Å². The maximum absolute atomic E-state index is 9.18. The maximum Gasteiger partial charge on any atom is 0.0600 e. The van der Waals surface area contributed by atoms with Gasteiger partial charge in [-0.2, -0.15) is 0 Å². The normalized spacial score (nSPS) is 31.1. The molecule has 0 aliphatic heterocycles. The Balaban J connectivity index is 1.99. The van der Waals surface area contributed by atoms with Crippen LogP contribution in [0.4, 0.5) is 0 Å². The zero-order valence-corrected chi connectivity index (χ0v) is 7.25. The standard InChI is InChI=1S/C9H18O2/c1-2-3-6-11-9-5-4-8(10)7-9/h8-10H,2-7H2,1H3/t8-,9-/m1/s1. The van der Waals surface area contributed by atoms with Crippen LogP contribution in [0.25, 0.3) is 0 Å². The molecule has 0 bridgehead atoms. The van der Waals surface area contributed by atoms with Gasteiger partial charge < -0.3 is 9.84 Å². The highest BCUT2D eigenvalue weighted by Gasteiger charge is 2.22. The van der Waals surface area contributed by atoms with Crippen LogP contribution in [0.5, 0.6) is 0 Å². The molecule has 0 spiro atoms. The third kappa shape index (κ3) is 3.21. The zero-order chi connectivity index (χ0) is 8.10. The molecule has 0 saturated heterocycles. The SMILES string of the molecule is CCCCO[C@@H]1CC[C@@H](O)C1. The second-order valence-electron chi connectivity index (χ2n) is 3.31. The lowest BCUT2D eigenvalue weighted by Gasteiger charge is -2.09. The van der Waals surface area contributed by atoms with Gasteiger partial charge in [-0.3, -0.25) is 0 Å². The molecule has 0 aromatic heterocycles. The summed E-state index contributed by atoms with van der Waals surface area (Å²) in [6.45, 7) is 3.03. The van der Waals surface area contributed by atoms with Crippen molar-refractivity contribution in [2.75, 3.05) is 6.61 Å². The quantitative estimate of drug-likeness (QED) is 0.631. The van der Waals surface area contributed by atoms with Gasteiger partial charge in [-0.15, -0.1) is 0 Å². The molecule has 1 rings (SSSR count). The third-order valence-electron chi connectivity index (χ3n) is 2.21. The molecular formula is C9H18O2. The van der Waals surface area contributed by atoms with Crippen LogP contribution in [0, 0.1) is 0 Å². The van der Waals surface area contributed by atoms with Gasteiger partial charge in [0.15, 0.2) is 0 Å². The van der Waals surface area contributed by atoms with Crippen LogP contribution in [-0.4, -0.2) is 23.9 Å². The van der Waals surface area contributed by atoms with E-state index in [1.54, 1.807) is 0 Å². The number of hydrogen-bond donors (Lipinski definition) is 1. The number of rotatable bonds is 4. The largest absolute Gasteiger partial charge is 0.393 e. The lowest BCUT2D eigenvalue weighted by atomic mass is 10.3.